The topological polar surface area (TPSA) is 80.7 Å². The van der Waals surface area contributed by atoms with Crippen LogP contribution in [0.25, 0.3) is 0 Å². The van der Waals surface area contributed by atoms with Gasteiger partial charge in [0.25, 0.3) is 5.52 Å². The van der Waals surface area contributed by atoms with E-state index in [9.17, 15) is 19.0 Å². The standard InChI is InChI=1S/C17H17O5P/c1-11-7-4-5-10-14(11)17(19)23(20,21)22-16(18)15-12(2)8-6-9-13(15)3/h4-10H,1-3H3,(H,20,21). The van der Waals surface area contributed by atoms with Crippen molar-refractivity contribution in [2.75, 3.05) is 0 Å². The van der Waals surface area contributed by atoms with Gasteiger partial charge in [-0.3, -0.25) is 4.79 Å². The lowest BCUT2D eigenvalue weighted by molar-refractivity contribution is 0.0698. The highest BCUT2D eigenvalue weighted by atomic mass is 31.2. The van der Waals surface area contributed by atoms with Crippen molar-refractivity contribution in [3.05, 3.63) is 70.3 Å². The van der Waals surface area contributed by atoms with Crippen LogP contribution in [0.1, 0.15) is 37.4 Å². The lowest BCUT2D eigenvalue weighted by Crippen LogP contribution is -2.12. The van der Waals surface area contributed by atoms with Crippen LogP contribution in [0, 0.1) is 20.8 Å². The Balaban J connectivity index is 2.31. The number of hydrogen-bond acceptors (Lipinski definition) is 4. The van der Waals surface area contributed by atoms with Gasteiger partial charge < -0.3 is 9.42 Å². The van der Waals surface area contributed by atoms with E-state index < -0.39 is 19.1 Å². The third kappa shape index (κ3) is 3.58. The van der Waals surface area contributed by atoms with Gasteiger partial charge in [0.1, 0.15) is 0 Å². The molecule has 0 aliphatic rings. The van der Waals surface area contributed by atoms with Gasteiger partial charge in [0, 0.05) is 5.56 Å². The summed E-state index contributed by atoms with van der Waals surface area (Å²) >= 11 is 0. The molecule has 2 rings (SSSR count). The zero-order valence-corrected chi connectivity index (χ0v) is 14.0. The molecule has 0 aromatic heterocycles. The van der Waals surface area contributed by atoms with E-state index in [1.165, 1.54) is 6.07 Å². The highest BCUT2D eigenvalue weighted by Crippen LogP contribution is 2.47. The van der Waals surface area contributed by atoms with Crippen molar-refractivity contribution in [2.24, 2.45) is 0 Å². The molecule has 23 heavy (non-hydrogen) atoms. The quantitative estimate of drug-likeness (QED) is 0.862. The van der Waals surface area contributed by atoms with Crippen molar-refractivity contribution < 1.29 is 23.6 Å². The smallest absolute Gasteiger partial charge is 0.383 e. The molecule has 1 unspecified atom stereocenters. The van der Waals surface area contributed by atoms with E-state index in [-0.39, 0.29) is 11.1 Å². The highest BCUT2D eigenvalue weighted by Gasteiger charge is 2.37. The van der Waals surface area contributed by atoms with E-state index in [0.717, 1.165) is 0 Å². The van der Waals surface area contributed by atoms with E-state index in [2.05, 4.69) is 4.52 Å². The largest absolute Gasteiger partial charge is 0.451 e. The van der Waals surface area contributed by atoms with Crippen molar-refractivity contribution >= 4 is 19.1 Å². The Kier molecular flexibility index (Phi) is 4.83. The fraction of sp³-hybridized carbons (Fsp3) is 0.176. The number of hydrogen-bond donors (Lipinski definition) is 1. The second-order valence-corrected chi connectivity index (χ2v) is 6.92. The van der Waals surface area contributed by atoms with Crippen LogP contribution in [0.5, 0.6) is 0 Å². The summed E-state index contributed by atoms with van der Waals surface area (Å²) in [5.74, 6) is -0.978. The first-order valence-corrected chi connectivity index (χ1v) is 8.55. The summed E-state index contributed by atoms with van der Waals surface area (Å²) in [5.41, 5.74) is 0.925. The van der Waals surface area contributed by atoms with Gasteiger partial charge >= 0.3 is 13.6 Å². The Labute approximate surface area is 134 Å². The molecule has 0 saturated carbocycles. The van der Waals surface area contributed by atoms with E-state index >= 15 is 0 Å². The summed E-state index contributed by atoms with van der Waals surface area (Å²) in [7, 11) is -4.78. The van der Waals surface area contributed by atoms with Gasteiger partial charge in [0.05, 0.1) is 5.56 Å². The maximum Gasteiger partial charge on any atom is 0.451 e. The molecule has 0 spiro atoms. The van der Waals surface area contributed by atoms with E-state index in [4.69, 9.17) is 0 Å². The second kappa shape index (κ2) is 6.49. The first-order valence-electron chi connectivity index (χ1n) is 6.97. The van der Waals surface area contributed by atoms with E-state index in [0.29, 0.717) is 16.7 Å². The summed E-state index contributed by atoms with van der Waals surface area (Å²) in [5, 5.41) is 0. The molecule has 0 fully saturated rings. The summed E-state index contributed by atoms with van der Waals surface area (Å²) in [4.78, 5) is 34.4. The molecule has 1 N–H and O–H groups in total. The van der Waals surface area contributed by atoms with E-state index in [1.54, 1.807) is 57.2 Å². The molecular formula is C17H17O5P. The van der Waals surface area contributed by atoms with Crippen LogP contribution in [-0.4, -0.2) is 16.4 Å². The third-order valence-corrected chi connectivity index (χ3v) is 4.69. The fourth-order valence-electron chi connectivity index (χ4n) is 2.30. The summed E-state index contributed by atoms with van der Waals surface area (Å²) in [6.45, 7) is 5.02. The van der Waals surface area contributed by atoms with Crippen molar-refractivity contribution in [2.45, 2.75) is 20.8 Å². The molecule has 0 amide bonds. The minimum absolute atomic E-state index is 0.0626. The SMILES string of the molecule is Cc1ccccc1C(=O)P(=O)(O)OC(=O)c1c(C)cccc1C. The average Bonchev–Trinajstić information content (AvgIpc) is 2.46. The van der Waals surface area contributed by atoms with Crippen LogP contribution in [0.15, 0.2) is 42.5 Å². The zero-order chi connectivity index (χ0) is 17.2. The monoisotopic (exact) mass is 332 g/mol. The highest BCUT2D eigenvalue weighted by molar-refractivity contribution is 7.72. The first kappa shape index (κ1) is 17.1. The minimum Gasteiger partial charge on any atom is -0.383 e. The summed E-state index contributed by atoms with van der Waals surface area (Å²) < 4.78 is 16.9. The molecule has 5 nitrogen and oxygen atoms in total. The first-order chi connectivity index (χ1) is 10.7. The lowest BCUT2D eigenvalue weighted by Gasteiger charge is -2.14. The maximum absolute atomic E-state index is 12.2. The van der Waals surface area contributed by atoms with Crippen LogP contribution in [-0.2, 0) is 9.09 Å². The van der Waals surface area contributed by atoms with Gasteiger partial charge in [-0.1, -0.05) is 42.5 Å². The van der Waals surface area contributed by atoms with Crippen LogP contribution < -0.4 is 0 Å². The van der Waals surface area contributed by atoms with Crippen molar-refractivity contribution in [1.29, 1.82) is 0 Å². The Morgan fingerprint density at radius 2 is 1.43 bits per heavy atom. The molecule has 0 aliphatic heterocycles. The Morgan fingerprint density at radius 3 is 2.00 bits per heavy atom. The molecule has 0 aliphatic carbocycles. The zero-order valence-electron chi connectivity index (χ0n) is 13.1. The van der Waals surface area contributed by atoms with Crippen LogP contribution in [0.3, 0.4) is 0 Å². The van der Waals surface area contributed by atoms with Gasteiger partial charge in [-0.25, -0.2) is 9.36 Å². The minimum atomic E-state index is -4.78. The summed E-state index contributed by atoms with van der Waals surface area (Å²) in [6.07, 6.45) is 0. The third-order valence-electron chi connectivity index (χ3n) is 3.52. The van der Waals surface area contributed by atoms with Gasteiger partial charge in [-0.15, -0.1) is 0 Å². The van der Waals surface area contributed by atoms with Crippen LogP contribution >= 0.6 is 7.60 Å². The molecule has 120 valence electrons. The molecule has 6 heteroatoms. The predicted molar refractivity (Wildman–Crippen MR) is 86.7 cm³/mol. The van der Waals surface area contributed by atoms with Crippen LogP contribution in [0.4, 0.5) is 0 Å². The Morgan fingerprint density at radius 1 is 0.913 bits per heavy atom. The second-order valence-electron chi connectivity index (χ2n) is 5.29. The molecule has 0 heterocycles. The number of carbonyl (C=O) groups excluding carboxylic acids is 2. The molecule has 1 atom stereocenters. The molecule has 0 saturated heterocycles. The Bertz CT molecular complexity index is 805. The maximum atomic E-state index is 12.2. The Hall–Kier alpha value is -2.23. The normalized spacial score (nSPS) is 13.2. The number of aryl methyl sites for hydroxylation is 3. The number of carbonyl (C=O) groups is 2. The van der Waals surface area contributed by atoms with Gasteiger partial charge in [0.2, 0.25) is 0 Å². The van der Waals surface area contributed by atoms with E-state index in [1.807, 2.05) is 0 Å². The number of benzene rings is 2. The summed E-state index contributed by atoms with van der Waals surface area (Å²) in [6, 6.07) is 11.5. The van der Waals surface area contributed by atoms with Crippen molar-refractivity contribution in [3.8, 4) is 0 Å². The average molecular weight is 332 g/mol. The molecule has 2 aromatic carbocycles. The van der Waals surface area contributed by atoms with Gasteiger partial charge in [-0.05, 0) is 37.5 Å². The molecular weight excluding hydrogens is 315 g/mol. The van der Waals surface area contributed by atoms with Gasteiger partial charge in [0.15, 0.2) is 0 Å². The fourth-order valence-corrected chi connectivity index (χ4v) is 3.26. The lowest BCUT2D eigenvalue weighted by atomic mass is 10.0. The number of rotatable bonds is 4. The molecule has 0 radical (unpaired) electrons. The molecule has 0 bridgehead atoms. The predicted octanol–water partition coefficient (Wildman–Crippen LogP) is 3.79. The van der Waals surface area contributed by atoms with Gasteiger partial charge in [-0.2, -0.15) is 0 Å². The van der Waals surface area contributed by atoms with Crippen LogP contribution in [0.2, 0.25) is 0 Å². The molecule has 2 aromatic rings. The van der Waals surface area contributed by atoms with Crippen molar-refractivity contribution in [3.63, 3.8) is 0 Å². The van der Waals surface area contributed by atoms with Crippen molar-refractivity contribution in [1.82, 2.24) is 0 Å².